The van der Waals surface area contributed by atoms with Gasteiger partial charge >= 0.3 is 0 Å². The summed E-state index contributed by atoms with van der Waals surface area (Å²) >= 11 is 0. The number of aromatic amines is 1. The standard InChI is InChI=1S/C17H23N5O2/c1-12-19-9-14(21-12)11-22-7-3-4-13(10-22)8-20-17(24)16-15(23)5-2-6-18-16/h2,5-6,9,13,23H,3-4,7-8,10-11H2,1H3,(H,19,21)(H,20,24). The van der Waals surface area contributed by atoms with Gasteiger partial charge in [-0.25, -0.2) is 9.97 Å². The fraction of sp³-hybridized carbons (Fsp3) is 0.471. The number of amides is 1. The van der Waals surface area contributed by atoms with Crippen LogP contribution in [0.5, 0.6) is 5.75 Å². The number of carbonyl (C=O) groups is 1. The fourth-order valence-electron chi connectivity index (χ4n) is 3.15. The van der Waals surface area contributed by atoms with Gasteiger partial charge in [-0.2, -0.15) is 0 Å². The summed E-state index contributed by atoms with van der Waals surface area (Å²) in [5.74, 6) is 0.919. The molecule has 2 aromatic heterocycles. The van der Waals surface area contributed by atoms with Crippen molar-refractivity contribution in [1.29, 1.82) is 0 Å². The van der Waals surface area contributed by atoms with Crippen LogP contribution in [0.25, 0.3) is 0 Å². The molecular formula is C17H23N5O2. The largest absolute Gasteiger partial charge is 0.505 e. The summed E-state index contributed by atoms with van der Waals surface area (Å²) in [6.07, 6.45) is 5.59. The van der Waals surface area contributed by atoms with Crippen LogP contribution in [0, 0.1) is 12.8 Å². The average Bonchev–Trinajstić information content (AvgIpc) is 2.98. The third kappa shape index (κ3) is 4.11. The lowest BCUT2D eigenvalue weighted by atomic mass is 9.98. The highest BCUT2D eigenvalue weighted by Gasteiger charge is 2.22. The molecule has 3 rings (SSSR count). The van der Waals surface area contributed by atoms with Crippen molar-refractivity contribution in [3.8, 4) is 5.75 Å². The van der Waals surface area contributed by atoms with Crippen LogP contribution < -0.4 is 5.32 Å². The molecule has 1 saturated heterocycles. The lowest BCUT2D eigenvalue weighted by Gasteiger charge is -2.32. The Labute approximate surface area is 141 Å². The molecule has 7 heteroatoms. The Bertz CT molecular complexity index is 700. The lowest BCUT2D eigenvalue weighted by Crippen LogP contribution is -2.40. The van der Waals surface area contributed by atoms with Crippen LogP contribution in [0.4, 0.5) is 0 Å². The number of pyridine rings is 1. The van der Waals surface area contributed by atoms with Gasteiger partial charge in [-0.15, -0.1) is 0 Å². The highest BCUT2D eigenvalue weighted by atomic mass is 16.3. The summed E-state index contributed by atoms with van der Waals surface area (Å²) in [5.41, 5.74) is 1.20. The second kappa shape index (κ2) is 7.44. The number of imidazole rings is 1. The number of aryl methyl sites for hydroxylation is 1. The van der Waals surface area contributed by atoms with E-state index in [-0.39, 0.29) is 17.4 Å². The van der Waals surface area contributed by atoms with E-state index in [0.717, 1.165) is 44.0 Å². The van der Waals surface area contributed by atoms with Gasteiger partial charge in [0.25, 0.3) is 5.91 Å². The van der Waals surface area contributed by atoms with E-state index in [1.165, 1.54) is 12.3 Å². The van der Waals surface area contributed by atoms with Crippen molar-refractivity contribution in [2.24, 2.45) is 5.92 Å². The number of hydrogen-bond donors (Lipinski definition) is 3. The zero-order chi connectivity index (χ0) is 16.9. The van der Waals surface area contributed by atoms with Crippen LogP contribution in [0.15, 0.2) is 24.5 Å². The van der Waals surface area contributed by atoms with Crippen LogP contribution in [0.1, 0.15) is 34.8 Å². The quantitative estimate of drug-likeness (QED) is 0.772. The summed E-state index contributed by atoms with van der Waals surface area (Å²) < 4.78 is 0. The number of aromatic hydroxyl groups is 1. The van der Waals surface area contributed by atoms with Gasteiger partial charge in [0.1, 0.15) is 11.6 Å². The Morgan fingerprint density at radius 1 is 1.50 bits per heavy atom. The number of rotatable bonds is 5. The summed E-state index contributed by atoms with van der Waals surface area (Å²) in [7, 11) is 0. The summed E-state index contributed by atoms with van der Waals surface area (Å²) in [4.78, 5) is 25.9. The van der Waals surface area contributed by atoms with E-state index in [4.69, 9.17) is 0 Å². The number of hydrogen-bond acceptors (Lipinski definition) is 5. The number of nitrogens with zero attached hydrogens (tertiary/aromatic N) is 3. The monoisotopic (exact) mass is 329 g/mol. The van der Waals surface area contributed by atoms with Gasteiger partial charge in [0.05, 0.1) is 0 Å². The second-order valence-corrected chi connectivity index (χ2v) is 6.32. The Balaban J connectivity index is 1.50. The van der Waals surface area contributed by atoms with E-state index in [1.54, 1.807) is 6.07 Å². The average molecular weight is 329 g/mol. The smallest absolute Gasteiger partial charge is 0.273 e. The minimum atomic E-state index is -0.325. The molecule has 0 bridgehead atoms. The molecule has 1 atom stereocenters. The first-order valence-corrected chi connectivity index (χ1v) is 8.27. The third-order valence-electron chi connectivity index (χ3n) is 4.31. The maximum absolute atomic E-state index is 12.1. The predicted octanol–water partition coefficient (Wildman–Crippen LogP) is 1.46. The van der Waals surface area contributed by atoms with Crippen molar-refractivity contribution >= 4 is 5.91 Å². The van der Waals surface area contributed by atoms with Crippen molar-refractivity contribution in [3.63, 3.8) is 0 Å². The summed E-state index contributed by atoms with van der Waals surface area (Å²) in [5, 5.41) is 12.6. The third-order valence-corrected chi connectivity index (χ3v) is 4.31. The second-order valence-electron chi connectivity index (χ2n) is 6.32. The molecule has 1 aliphatic rings. The maximum Gasteiger partial charge on any atom is 0.273 e. The Hall–Kier alpha value is -2.41. The van der Waals surface area contributed by atoms with Crippen molar-refractivity contribution < 1.29 is 9.90 Å². The molecule has 2 aromatic rings. The number of aromatic nitrogens is 3. The maximum atomic E-state index is 12.1. The molecule has 1 amide bonds. The van der Waals surface area contributed by atoms with Crippen LogP contribution in [-0.2, 0) is 6.54 Å². The van der Waals surface area contributed by atoms with E-state index >= 15 is 0 Å². The fourth-order valence-corrected chi connectivity index (χ4v) is 3.15. The van der Waals surface area contributed by atoms with Crippen LogP contribution in [0.3, 0.4) is 0 Å². The molecule has 0 aromatic carbocycles. The Morgan fingerprint density at radius 3 is 3.12 bits per heavy atom. The van der Waals surface area contributed by atoms with Gasteiger partial charge in [0, 0.05) is 37.7 Å². The van der Waals surface area contributed by atoms with Gasteiger partial charge in [0.15, 0.2) is 5.69 Å². The molecule has 1 unspecified atom stereocenters. The summed E-state index contributed by atoms with van der Waals surface area (Å²) in [6.45, 7) is 5.39. The number of nitrogens with one attached hydrogen (secondary N) is 2. The molecule has 3 N–H and O–H groups in total. The van der Waals surface area contributed by atoms with Crippen LogP contribution in [-0.4, -0.2) is 50.5 Å². The number of carbonyl (C=O) groups excluding carboxylic acids is 1. The van der Waals surface area contributed by atoms with Gasteiger partial charge < -0.3 is 15.4 Å². The number of H-pyrrole nitrogens is 1. The number of likely N-dealkylation sites (tertiary alicyclic amines) is 1. The first kappa shape index (κ1) is 16.4. The molecular weight excluding hydrogens is 306 g/mol. The van der Waals surface area contributed by atoms with Crippen molar-refractivity contribution in [1.82, 2.24) is 25.2 Å². The molecule has 0 aliphatic carbocycles. The minimum absolute atomic E-state index is 0.0816. The molecule has 7 nitrogen and oxygen atoms in total. The van der Waals surface area contributed by atoms with Gasteiger partial charge in [-0.1, -0.05) is 0 Å². The highest BCUT2D eigenvalue weighted by molar-refractivity contribution is 5.94. The Morgan fingerprint density at radius 2 is 2.38 bits per heavy atom. The van der Waals surface area contributed by atoms with E-state index in [2.05, 4.69) is 25.2 Å². The van der Waals surface area contributed by atoms with E-state index in [1.807, 2.05) is 13.1 Å². The van der Waals surface area contributed by atoms with Crippen molar-refractivity contribution in [2.45, 2.75) is 26.3 Å². The first-order chi connectivity index (χ1) is 11.6. The van der Waals surface area contributed by atoms with Crippen molar-refractivity contribution in [3.05, 3.63) is 41.7 Å². The predicted molar refractivity (Wildman–Crippen MR) is 89.6 cm³/mol. The molecule has 0 radical (unpaired) electrons. The molecule has 3 heterocycles. The minimum Gasteiger partial charge on any atom is -0.505 e. The van der Waals surface area contributed by atoms with Crippen LogP contribution >= 0.6 is 0 Å². The van der Waals surface area contributed by atoms with E-state index in [0.29, 0.717) is 12.5 Å². The SMILES string of the molecule is Cc1ncc(CN2CCCC(CNC(=O)c3ncccc3O)C2)[nH]1. The van der Waals surface area contributed by atoms with Crippen molar-refractivity contribution in [2.75, 3.05) is 19.6 Å². The highest BCUT2D eigenvalue weighted by Crippen LogP contribution is 2.18. The molecule has 1 aliphatic heterocycles. The zero-order valence-electron chi connectivity index (χ0n) is 13.8. The Kier molecular flexibility index (Phi) is 5.10. The molecule has 0 spiro atoms. The van der Waals surface area contributed by atoms with Gasteiger partial charge in [-0.3, -0.25) is 9.69 Å². The molecule has 0 saturated carbocycles. The van der Waals surface area contributed by atoms with E-state index in [9.17, 15) is 9.90 Å². The lowest BCUT2D eigenvalue weighted by molar-refractivity contribution is 0.0922. The topological polar surface area (TPSA) is 94.1 Å². The molecule has 24 heavy (non-hydrogen) atoms. The number of piperidine rings is 1. The summed E-state index contributed by atoms with van der Waals surface area (Å²) in [6, 6.07) is 3.07. The molecule has 1 fully saturated rings. The normalized spacial score (nSPS) is 18.5. The van der Waals surface area contributed by atoms with Gasteiger partial charge in [0.2, 0.25) is 0 Å². The first-order valence-electron chi connectivity index (χ1n) is 8.27. The molecule has 128 valence electrons. The van der Waals surface area contributed by atoms with E-state index < -0.39 is 0 Å². The zero-order valence-corrected chi connectivity index (χ0v) is 13.8. The van der Waals surface area contributed by atoms with Crippen LogP contribution in [0.2, 0.25) is 0 Å². The van der Waals surface area contributed by atoms with Gasteiger partial charge in [-0.05, 0) is 44.4 Å².